The third-order valence-corrected chi connectivity index (χ3v) is 3.33. The van der Waals surface area contributed by atoms with Gasteiger partial charge in [0.25, 0.3) is 5.91 Å². The fourth-order valence-electron chi connectivity index (χ4n) is 2.12. The zero-order valence-corrected chi connectivity index (χ0v) is 11.0. The molecule has 1 aliphatic rings. The molecule has 1 aromatic carbocycles. The second-order valence-electron chi connectivity index (χ2n) is 4.86. The minimum atomic E-state index is -0.489. The van der Waals surface area contributed by atoms with Gasteiger partial charge in [-0.1, -0.05) is 6.07 Å². The molecule has 1 aliphatic heterocycles. The number of rotatable bonds is 3. The van der Waals surface area contributed by atoms with E-state index >= 15 is 0 Å². The average Bonchev–Trinajstić information content (AvgIpc) is 2.63. The number of likely N-dealkylation sites (tertiary alicyclic amines) is 1. The van der Waals surface area contributed by atoms with Crippen molar-refractivity contribution in [2.45, 2.75) is 32.5 Å². The molecule has 18 heavy (non-hydrogen) atoms. The van der Waals surface area contributed by atoms with Crippen LogP contribution in [-0.2, 0) is 4.79 Å². The summed E-state index contributed by atoms with van der Waals surface area (Å²) in [6.45, 7) is 4.39. The summed E-state index contributed by atoms with van der Waals surface area (Å²) in [5, 5.41) is 9.50. The summed E-state index contributed by atoms with van der Waals surface area (Å²) in [4.78, 5) is 13.4. The van der Waals surface area contributed by atoms with E-state index in [1.807, 2.05) is 25.1 Å². The Kier molecular flexibility index (Phi) is 3.57. The second-order valence-corrected chi connectivity index (χ2v) is 4.86. The molecule has 0 radical (unpaired) electrons. The van der Waals surface area contributed by atoms with Crippen LogP contribution in [-0.4, -0.2) is 35.6 Å². The number of carbonyl (C=O) groups excluding carboxylic acids is 1. The van der Waals surface area contributed by atoms with Crippen molar-refractivity contribution in [1.29, 1.82) is 0 Å². The highest BCUT2D eigenvalue weighted by atomic mass is 16.5. The van der Waals surface area contributed by atoms with Crippen molar-refractivity contribution in [3.05, 3.63) is 29.3 Å². The predicted octanol–water partition coefficient (Wildman–Crippen LogP) is 1.66. The van der Waals surface area contributed by atoms with Gasteiger partial charge >= 0.3 is 0 Å². The Labute approximate surface area is 107 Å². The minimum Gasteiger partial charge on any atom is -0.480 e. The third kappa shape index (κ3) is 2.48. The largest absolute Gasteiger partial charge is 0.480 e. The molecule has 0 aliphatic carbocycles. The Morgan fingerprint density at radius 2 is 2.22 bits per heavy atom. The standard InChI is InChI=1S/C14H19NO3/c1-9-8-11(10(2)16)4-5-12(9)18-13-6-7-15(3)14(13)17/h4-5,8,10,13,16H,6-7H2,1-3H3. The maximum atomic E-state index is 11.8. The van der Waals surface area contributed by atoms with E-state index in [1.165, 1.54) is 0 Å². The second kappa shape index (κ2) is 4.98. The van der Waals surface area contributed by atoms with E-state index in [9.17, 15) is 9.90 Å². The van der Waals surface area contributed by atoms with Crippen molar-refractivity contribution >= 4 is 5.91 Å². The molecule has 1 saturated heterocycles. The van der Waals surface area contributed by atoms with Crippen LogP contribution in [0.1, 0.15) is 30.6 Å². The highest BCUT2D eigenvalue weighted by Gasteiger charge is 2.31. The van der Waals surface area contributed by atoms with Gasteiger partial charge in [0, 0.05) is 20.0 Å². The lowest BCUT2D eigenvalue weighted by molar-refractivity contribution is -0.132. The minimum absolute atomic E-state index is 0.0361. The lowest BCUT2D eigenvalue weighted by Crippen LogP contribution is -2.29. The third-order valence-electron chi connectivity index (χ3n) is 3.33. The quantitative estimate of drug-likeness (QED) is 0.886. The summed E-state index contributed by atoms with van der Waals surface area (Å²) < 4.78 is 5.75. The number of aryl methyl sites for hydroxylation is 1. The molecule has 4 heteroatoms. The van der Waals surface area contributed by atoms with Crippen LogP contribution in [0, 0.1) is 6.92 Å². The Hall–Kier alpha value is -1.55. The summed E-state index contributed by atoms with van der Waals surface area (Å²) in [7, 11) is 1.79. The predicted molar refractivity (Wildman–Crippen MR) is 68.5 cm³/mol. The Morgan fingerprint density at radius 1 is 1.50 bits per heavy atom. The van der Waals surface area contributed by atoms with Crippen molar-refractivity contribution in [3.63, 3.8) is 0 Å². The normalized spacial score (nSPS) is 21.2. The van der Waals surface area contributed by atoms with Gasteiger partial charge in [0.15, 0.2) is 6.10 Å². The summed E-state index contributed by atoms with van der Waals surface area (Å²) in [6.07, 6.45) is -0.129. The molecule has 4 nitrogen and oxygen atoms in total. The molecule has 1 aromatic rings. The smallest absolute Gasteiger partial charge is 0.263 e. The number of amides is 1. The lowest BCUT2D eigenvalue weighted by Gasteiger charge is -2.16. The van der Waals surface area contributed by atoms with Crippen LogP contribution in [0.3, 0.4) is 0 Å². The summed E-state index contributed by atoms with van der Waals surface area (Å²) in [6, 6.07) is 5.54. The van der Waals surface area contributed by atoms with Crippen molar-refractivity contribution in [3.8, 4) is 5.75 Å². The zero-order valence-electron chi connectivity index (χ0n) is 11.0. The highest BCUT2D eigenvalue weighted by Crippen LogP contribution is 2.25. The van der Waals surface area contributed by atoms with Gasteiger partial charge in [-0.3, -0.25) is 4.79 Å². The average molecular weight is 249 g/mol. The van der Waals surface area contributed by atoms with Crippen LogP contribution < -0.4 is 4.74 Å². The van der Waals surface area contributed by atoms with Gasteiger partial charge in [-0.25, -0.2) is 0 Å². The molecular weight excluding hydrogens is 230 g/mol. The molecule has 1 amide bonds. The molecule has 1 fully saturated rings. The van der Waals surface area contributed by atoms with Crippen molar-refractivity contribution < 1.29 is 14.6 Å². The number of benzene rings is 1. The number of aliphatic hydroxyl groups excluding tert-OH is 1. The van der Waals surface area contributed by atoms with Gasteiger partial charge in [0.2, 0.25) is 0 Å². The van der Waals surface area contributed by atoms with Gasteiger partial charge in [-0.05, 0) is 37.1 Å². The first-order valence-corrected chi connectivity index (χ1v) is 6.19. The molecule has 1 heterocycles. The zero-order chi connectivity index (χ0) is 13.3. The van der Waals surface area contributed by atoms with E-state index in [0.29, 0.717) is 5.75 Å². The van der Waals surface area contributed by atoms with Crippen LogP contribution in [0.15, 0.2) is 18.2 Å². The summed E-state index contributed by atoms with van der Waals surface area (Å²) >= 11 is 0. The molecule has 98 valence electrons. The van der Waals surface area contributed by atoms with Crippen molar-refractivity contribution in [1.82, 2.24) is 4.90 Å². The van der Waals surface area contributed by atoms with Gasteiger partial charge in [0.1, 0.15) is 5.75 Å². The van der Waals surface area contributed by atoms with Gasteiger partial charge in [-0.2, -0.15) is 0 Å². The van der Waals surface area contributed by atoms with Gasteiger partial charge in [-0.15, -0.1) is 0 Å². The van der Waals surface area contributed by atoms with E-state index in [4.69, 9.17) is 4.74 Å². The molecule has 1 N–H and O–H groups in total. The molecule has 0 bridgehead atoms. The Morgan fingerprint density at radius 3 is 2.72 bits per heavy atom. The number of carbonyl (C=O) groups is 1. The molecule has 2 unspecified atom stereocenters. The first-order chi connectivity index (χ1) is 8.49. The number of likely N-dealkylation sites (N-methyl/N-ethyl adjacent to an activating group) is 1. The number of hydrogen-bond donors (Lipinski definition) is 1. The lowest BCUT2D eigenvalue weighted by atomic mass is 10.1. The number of ether oxygens (including phenoxy) is 1. The Bertz CT molecular complexity index is 456. The van der Waals surface area contributed by atoms with Gasteiger partial charge < -0.3 is 14.7 Å². The van der Waals surface area contributed by atoms with Crippen LogP contribution >= 0.6 is 0 Å². The van der Waals surface area contributed by atoms with E-state index in [2.05, 4.69) is 0 Å². The highest BCUT2D eigenvalue weighted by molar-refractivity contribution is 5.83. The maximum absolute atomic E-state index is 11.8. The SMILES string of the molecule is Cc1cc(C(C)O)ccc1OC1CCN(C)C1=O. The molecular formula is C14H19NO3. The van der Waals surface area contributed by atoms with E-state index in [1.54, 1.807) is 18.9 Å². The van der Waals surface area contributed by atoms with Crippen molar-refractivity contribution in [2.75, 3.05) is 13.6 Å². The molecule has 0 saturated carbocycles. The van der Waals surface area contributed by atoms with Crippen LogP contribution in [0.4, 0.5) is 0 Å². The fourth-order valence-corrected chi connectivity index (χ4v) is 2.12. The van der Waals surface area contributed by atoms with Crippen LogP contribution in [0.2, 0.25) is 0 Å². The van der Waals surface area contributed by atoms with Crippen LogP contribution in [0.25, 0.3) is 0 Å². The van der Waals surface area contributed by atoms with E-state index < -0.39 is 6.10 Å². The van der Waals surface area contributed by atoms with Crippen LogP contribution in [0.5, 0.6) is 5.75 Å². The molecule has 0 aromatic heterocycles. The molecule has 2 atom stereocenters. The fraction of sp³-hybridized carbons (Fsp3) is 0.500. The van der Waals surface area contributed by atoms with Gasteiger partial charge in [0.05, 0.1) is 6.10 Å². The number of nitrogens with zero attached hydrogens (tertiary/aromatic N) is 1. The monoisotopic (exact) mass is 249 g/mol. The maximum Gasteiger partial charge on any atom is 0.263 e. The first-order valence-electron chi connectivity index (χ1n) is 6.19. The van der Waals surface area contributed by atoms with Crippen molar-refractivity contribution in [2.24, 2.45) is 0 Å². The summed E-state index contributed by atoms with van der Waals surface area (Å²) in [5.41, 5.74) is 1.80. The van der Waals surface area contributed by atoms with E-state index in [0.717, 1.165) is 24.1 Å². The number of hydrogen-bond acceptors (Lipinski definition) is 3. The summed E-state index contributed by atoms with van der Waals surface area (Å²) in [5.74, 6) is 0.752. The molecule has 2 rings (SSSR count). The first kappa shape index (κ1) is 12.9. The molecule has 0 spiro atoms. The number of aliphatic hydroxyl groups is 1. The Balaban J connectivity index is 2.13. The topological polar surface area (TPSA) is 49.8 Å². The van der Waals surface area contributed by atoms with E-state index in [-0.39, 0.29) is 12.0 Å².